The molecule has 7 heteroatoms. The molecule has 1 aliphatic rings. The fourth-order valence-corrected chi connectivity index (χ4v) is 4.30. The van der Waals surface area contributed by atoms with Crippen molar-refractivity contribution in [1.82, 2.24) is 15.6 Å². The van der Waals surface area contributed by atoms with Crippen molar-refractivity contribution in [2.24, 2.45) is 5.92 Å². The van der Waals surface area contributed by atoms with Crippen LogP contribution in [0.2, 0.25) is 10.0 Å². The Morgan fingerprint density at radius 3 is 2.39 bits per heavy atom. The summed E-state index contributed by atoms with van der Waals surface area (Å²) in [7, 11) is 0. The van der Waals surface area contributed by atoms with E-state index in [9.17, 15) is 4.79 Å². The van der Waals surface area contributed by atoms with E-state index in [1.165, 1.54) is 0 Å². The molecule has 2 heterocycles. The van der Waals surface area contributed by atoms with Gasteiger partial charge in [-0.2, -0.15) is 0 Å². The predicted molar refractivity (Wildman–Crippen MR) is 133 cm³/mol. The number of ether oxygens (including phenoxy) is 1. The van der Waals surface area contributed by atoms with Gasteiger partial charge in [0, 0.05) is 34.1 Å². The van der Waals surface area contributed by atoms with Gasteiger partial charge >= 0.3 is 0 Å². The van der Waals surface area contributed by atoms with Crippen molar-refractivity contribution < 1.29 is 9.53 Å². The Bertz CT molecular complexity index is 1050. The lowest BCUT2D eigenvalue weighted by Crippen LogP contribution is -2.40. The van der Waals surface area contributed by atoms with Gasteiger partial charge in [-0.1, -0.05) is 41.4 Å². The van der Waals surface area contributed by atoms with E-state index in [0.29, 0.717) is 23.1 Å². The molecule has 33 heavy (non-hydrogen) atoms. The summed E-state index contributed by atoms with van der Waals surface area (Å²) in [5.74, 6) is 0.816. The minimum absolute atomic E-state index is 0.00799. The molecule has 0 saturated carbocycles. The molecule has 1 fully saturated rings. The molecule has 2 N–H and O–H groups in total. The van der Waals surface area contributed by atoms with Crippen molar-refractivity contribution in [3.05, 3.63) is 82.6 Å². The van der Waals surface area contributed by atoms with Crippen molar-refractivity contribution in [2.45, 2.75) is 25.3 Å². The zero-order valence-corrected chi connectivity index (χ0v) is 19.8. The van der Waals surface area contributed by atoms with Gasteiger partial charge in [-0.3, -0.25) is 9.78 Å². The first-order valence-electron chi connectivity index (χ1n) is 11.2. The number of amides is 1. The van der Waals surface area contributed by atoms with Crippen LogP contribution in [0.4, 0.5) is 0 Å². The number of piperidine rings is 1. The molecule has 1 aliphatic heterocycles. The Labute approximate surface area is 204 Å². The standard InChI is InChI=1S/C26H27Cl2N3O2/c27-20-5-3-18(4-6-20)23-2-1-14-30-25(23)24(31-26(32)19-11-15-29-16-12-19)13-17-33-22-9-7-21(28)8-10-22/h1-10,14,19,24,29H,11-13,15-17H2,(H,31,32). The summed E-state index contributed by atoms with van der Waals surface area (Å²) in [5.41, 5.74) is 2.79. The summed E-state index contributed by atoms with van der Waals surface area (Å²) in [6, 6.07) is 18.6. The van der Waals surface area contributed by atoms with E-state index in [0.717, 1.165) is 48.5 Å². The first kappa shape index (κ1) is 23.6. The van der Waals surface area contributed by atoms with E-state index >= 15 is 0 Å². The molecule has 1 saturated heterocycles. The van der Waals surface area contributed by atoms with E-state index in [-0.39, 0.29) is 17.9 Å². The highest BCUT2D eigenvalue weighted by Crippen LogP contribution is 2.30. The van der Waals surface area contributed by atoms with Gasteiger partial charge < -0.3 is 15.4 Å². The van der Waals surface area contributed by atoms with Crippen molar-refractivity contribution in [3.63, 3.8) is 0 Å². The van der Waals surface area contributed by atoms with Crippen LogP contribution in [0.15, 0.2) is 66.9 Å². The van der Waals surface area contributed by atoms with E-state index in [2.05, 4.69) is 15.6 Å². The SMILES string of the molecule is O=C(NC(CCOc1ccc(Cl)cc1)c1ncccc1-c1ccc(Cl)cc1)C1CCNCC1. The van der Waals surface area contributed by atoms with Gasteiger partial charge in [0.1, 0.15) is 5.75 Å². The third kappa shape index (κ3) is 6.47. The largest absolute Gasteiger partial charge is 0.494 e. The van der Waals surface area contributed by atoms with Gasteiger partial charge in [-0.05, 0) is 74.0 Å². The van der Waals surface area contributed by atoms with Crippen LogP contribution in [0.1, 0.15) is 31.0 Å². The van der Waals surface area contributed by atoms with Crippen LogP contribution >= 0.6 is 23.2 Å². The average Bonchev–Trinajstić information content (AvgIpc) is 2.85. The first-order valence-corrected chi connectivity index (χ1v) is 12.0. The van der Waals surface area contributed by atoms with Crippen LogP contribution in [-0.4, -0.2) is 30.6 Å². The van der Waals surface area contributed by atoms with Gasteiger partial charge in [0.25, 0.3) is 0 Å². The number of carbonyl (C=O) groups excluding carboxylic acids is 1. The summed E-state index contributed by atoms with van der Waals surface area (Å²) >= 11 is 12.1. The summed E-state index contributed by atoms with van der Waals surface area (Å²) in [4.78, 5) is 17.8. The Morgan fingerprint density at radius 1 is 1.03 bits per heavy atom. The minimum atomic E-state index is -0.286. The number of nitrogens with one attached hydrogen (secondary N) is 2. The lowest BCUT2D eigenvalue weighted by atomic mass is 9.94. The molecule has 1 amide bonds. The Kier molecular flexibility index (Phi) is 8.21. The summed E-state index contributed by atoms with van der Waals surface area (Å²) in [6.45, 7) is 2.15. The molecular weight excluding hydrogens is 457 g/mol. The van der Waals surface area contributed by atoms with Gasteiger partial charge in [-0.25, -0.2) is 0 Å². The molecule has 1 aromatic heterocycles. The molecule has 1 unspecified atom stereocenters. The number of nitrogens with zero attached hydrogens (tertiary/aromatic N) is 1. The van der Waals surface area contributed by atoms with Gasteiger partial charge in [0.05, 0.1) is 18.3 Å². The Balaban J connectivity index is 1.55. The van der Waals surface area contributed by atoms with Crippen LogP contribution in [0, 0.1) is 5.92 Å². The Hall–Kier alpha value is -2.60. The molecule has 4 rings (SSSR count). The van der Waals surface area contributed by atoms with Gasteiger partial charge in [0.2, 0.25) is 5.91 Å². The first-order chi connectivity index (χ1) is 16.1. The highest BCUT2D eigenvalue weighted by atomic mass is 35.5. The number of hydrogen-bond donors (Lipinski definition) is 2. The third-order valence-corrected chi connectivity index (χ3v) is 6.34. The van der Waals surface area contributed by atoms with E-state index in [4.69, 9.17) is 27.9 Å². The van der Waals surface area contributed by atoms with Crippen molar-refractivity contribution in [2.75, 3.05) is 19.7 Å². The second-order valence-electron chi connectivity index (χ2n) is 8.12. The average molecular weight is 484 g/mol. The number of pyridine rings is 1. The maximum absolute atomic E-state index is 13.1. The Morgan fingerprint density at radius 2 is 1.70 bits per heavy atom. The number of halogens is 2. The number of benzene rings is 2. The molecule has 0 spiro atoms. The van der Waals surface area contributed by atoms with Crippen molar-refractivity contribution in [1.29, 1.82) is 0 Å². The molecule has 5 nitrogen and oxygen atoms in total. The van der Waals surface area contributed by atoms with Crippen LogP contribution in [0.3, 0.4) is 0 Å². The molecule has 0 aliphatic carbocycles. The number of carbonyl (C=O) groups is 1. The monoisotopic (exact) mass is 483 g/mol. The number of aromatic nitrogens is 1. The zero-order chi connectivity index (χ0) is 23.0. The van der Waals surface area contributed by atoms with Gasteiger partial charge in [0.15, 0.2) is 0 Å². The number of rotatable bonds is 8. The van der Waals surface area contributed by atoms with Crippen LogP contribution < -0.4 is 15.4 Å². The zero-order valence-electron chi connectivity index (χ0n) is 18.3. The minimum Gasteiger partial charge on any atom is -0.494 e. The molecular formula is C26H27Cl2N3O2. The maximum Gasteiger partial charge on any atom is 0.223 e. The third-order valence-electron chi connectivity index (χ3n) is 5.84. The van der Waals surface area contributed by atoms with Crippen LogP contribution in [0.25, 0.3) is 11.1 Å². The molecule has 3 aromatic rings. The fourth-order valence-electron chi connectivity index (χ4n) is 4.05. The highest BCUT2D eigenvalue weighted by molar-refractivity contribution is 6.30. The van der Waals surface area contributed by atoms with E-state index in [1.54, 1.807) is 18.3 Å². The van der Waals surface area contributed by atoms with Crippen molar-refractivity contribution in [3.8, 4) is 16.9 Å². The molecule has 1 atom stereocenters. The number of hydrogen-bond acceptors (Lipinski definition) is 4. The summed E-state index contributed by atoms with van der Waals surface area (Å²) in [5, 5.41) is 7.92. The summed E-state index contributed by atoms with van der Waals surface area (Å²) < 4.78 is 5.94. The van der Waals surface area contributed by atoms with E-state index < -0.39 is 0 Å². The van der Waals surface area contributed by atoms with Crippen LogP contribution in [0.5, 0.6) is 5.75 Å². The van der Waals surface area contributed by atoms with Crippen LogP contribution in [-0.2, 0) is 4.79 Å². The molecule has 172 valence electrons. The second-order valence-corrected chi connectivity index (χ2v) is 8.99. The second kappa shape index (κ2) is 11.5. The highest BCUT2D eigenvalue weighted by Gasteiger charge is 2.26. The lowest BCUT2D eigenvalue weighted by Gasteiger charge is -2.26. The normalized spacial score (nSPS) is 15.1. The predicted octanol–water partition coefficient (Wildman–Crippen LogP) is 5.68. The smallest absolute Gasteiger partial charge is 0.223 e. The molecule has 0 radical (unpaired) electrons. The lowest BCUT2D eigenvalue weighted by molar-refractivity contribution is -0.126. The quantitative estimate of drug-likeness (QED) is 0.432. The molecule has 0 bridgehead atoms. The topological polar surface area (TPSA) is 63.2 Å². The van der Waals surface area contributed by atoms with E-state index in [1.807, 2.05) is 48.5 Å². The maximum atomic E-state index is 13.1. The van der Waals surface area contributed by atoms with Gasteiger partial charge in [-0.15, -0.1) is 0 Å². The summed E-state index contributed by atoms with van der Waals surface area (Å²) in [6.07, 6.45) is 4.02. The van der Waals surface area contributed by atoms with Crippen molar-refractivity contribution >= 4 is 29.1 Å². The fraction of sp³-hybridized carbons (Fsp3) is 0.308. The molecule has 2 aromatic carbocycles.